The average Bonchev–Trinajstić information content (AvgIpc) is 2.88. The van der Waals surface area contributed by atoms with Gasteiger partial charge in [0.2, 0.25) is 5.91 Å². The third-order valence-corrected chi connectivity index (χ3v) is 4.88. The molecule has 2 atom stereocenters. The van der Waals surface area contributed by atoms with Gasteiger partial charge in [-0.2, -0.15) is 0 Å². The van der Waals surface area contributed by atoms with Crippen LogP contribution in [0.3, 0.4) is 0 Å². The van der Waals surface area contributed by atoms with Crippen LogP contribution in [0.2, 0.25) is 0 Å². The van der Waals surface area contributed by atoms with Crippen LogP contribution in [0, 0.1) is 5.41 Å². The predicted molar refractivity (Wildman–Crippen MR) is 78.1 cm³/mol. The molecule has 1 N–H and O–H groups in total. The predicted octanol–water partition coefficient (Wildman–Crippen LogP) is 1.32. The molecule has 2 fully saturated rings. The Morgan fingerprint density at radius 1 is 1.37 bits per heavy atom. The molecule has 2 aliphatic rings. The Morgan fingerprint density at radius 3 is 2.68 bits per heavy atom. The van der Waals surface area contributed by atoms with E-state index in [2.05, 4.69) is 35.9 Å². The molecule has 0 radical (unpaired) electrons. The maximum atomic E-state index is 12.9. The van der Waals surface area contributed by atoms with Gasteiger partial charge in [-0.3, -0.25) is 9.69 Å². The monoisotopic (exact) mass is 267 g/mol. The lowest BCUT2D eigenvalue weighted by atomic mass is 9.80. The van der Waals surface area contributed by atoms with Crippen LogP contribution in [0.25, 0.3) is 0 Å². The lowest BCUT2D eigenvalue weighted by Gasteiger charge is -2.42. The number of hydrogen-bond acceptors (Lipinski definition) is 3. The second-order valence-corrected chi connectivity index (χ2v) is 6.19. The molecular weight excluding hydrogens is 238 g/mol. The Kier molecular flexibility index (Phi) is 4.85. The number of piperazine rings is 1. The van der Waals surface area contributed by atoms with E-state index in [0.29, 0.717) is 11.9 Å². The summed E-state index contributed by atoms with van der Waals surface area (Å²) in [6, 6.07) is 0.496. The summed E-state index contributed by atoms with van der Waals surface area (Å²) in [7, 11) is 0. The number of hydrogen-bond donors (Lipinski definition) is 1. The Balaban J connectivity index is 2.02. The summed E-state index contributed by atoms with van der Waals surface area (Å²) in [5, 5.41) is 3.39. The third kappa shape index (κ3) is 2.95. The molecule has 0 aromatic rings. The molecule has 0 bridgehead atoms. The smallest absolute Gasteiger partial charge is 0.230 e. The summed E-state index contributed by atoms with van der Waals surface area (Å²) in [5.41, 5.74) is -0.108. The maximum Gasteiger partial charge on any atom is 0.230 e. The Bertz CT molecular complexity index is 313. The molecule has 1 amide bonds. The summed E-state index contributed by atoms with van der Waals surface area (Å²) < 4.78 is 0. The van der Waals surface area contributed by atoms with Crippen molar-refractivity contribution in [1.29, 1.82) is 0 Å². The van der Waals surface area contributed by atoms with Crippen molar-refractivity contribution in [2.45, 2.75) is 46.1 Å². The standard InChI is InChI=1S/C15H29N3O/c1-4-6-15(7-8-16-12-15)14(19)18-10-9-17(5-2)13(3)11-18/h13,16H,4-12H2,1-3H3. The van der Waals surface area contributed by atoms with Crippen molar-refractivity contribution in [3.05, 3.63) is 0 Å². The van der Waals surface area contributed by atoms with Crippen LogP contribution in [-0.4, -0.2) is 61.0 Å². The van der Waals surface area contributed by atoms with Crippen LogP contribution < -0.4 is 5.32 Å². The van der Waals surface area contributed by atoms with E-state index in [4.69, 9.17) is 0 Å². The van der Waals surface area contributed by atoms with E-state index >= 15 is 0 Å². The van der Waals surface area contributed by atoms with Crippen molar-refractivity contribution in [3.63, 3.8) is 0 Å². The fourth-order valence-electron chi connectivity index (χ4n) is 3.71. The van der Waals surface area contributed by atoms with E-state index in [1.807, 2.05) is 0 Å². The van der Waals surface area contributed by atoms with Crippen molar-refractivity contribution in [2.24, 2.45) is 5.41 Å². The minimum Gasteiger partial charge on any atom is -0.339 e. The van der Waals surface area contributed by atoms with Gasteiger partial charge in [-0.1, -0.05) is 20.3 Å². The zero-order chi connectivity index (χ0) is 13.9. The van der Waals surface area contributed by atoms with Gasteiger partial charge in [0, 0.05) is 32.2 Å². The van der Waals surface area contributed by atoms with E-state index in [1.54, 1.807) is 0 Å². The van der Waals surface area contributed by atoms with Crippen molar-refractivity contribution < 1.29 is 4.79 Å². The SMILES string of the molecule is CCCC1(C(=O)N2CCN(CC)C(C)C2)CCNC1. The van der Waals surface area contributed by atoms with Gasteiger partial charge in [-0.25, -0.2) is 0 Å². The Hall–Kier alpha value is -0.610. The van der Waals surface area contributed by atoms with Crippen LogP contribution >= 0.6 is 0 Å². The molecular formula is C15H29N3O. The summed E-state index contributed by atoms with van der Waals surface area (Å²) in [6.45, 7) is 12.4. The second-order valence-electron chi connectivity index (χ2n) is 6.19. The highest BCUT2D eigenvalue weighted by molar-refractivity contribution is 5.83. The first kappa shape index (κ1) is 14.8. The fourth-order valence-corrected chi connectivity index (χ4v) is 3.71. The second kappa shape index (κ2) is 6.23. The molecule has 2 saturated heterocycles. The molecule has 0 aromatic heterocycles. The number of nitrogens with zero attached hydrogens (tertiary/aromatic N) is 2. The summed E-state index contributed by atoms with van der Waals surface area (Å²) in [5.74, 6) is 0.405. The summed E-state index contributed by atoms with van der Waals surface area (Å²) in [6.07, 6.45) is 3.14. The minimum absolute atomic E-state index is 0.108. The largest absolute Gasteiger partial charge is 0.339 e. The highest BCUT2D eigenvalue weighted by atomic mass is 16.2. The topological polar surface area (TPSA) is 35.6 Å². The van der Waals surface area contributed by atoms with Crippen LogP contribution in [-0.2, 0) is 4.79 Å². The van der Waals surface area contributed by atoms with Crippen LogP contribution in [0.15, 0.2) is 0 Å². The molecule has 2 aliphatic heterocycles. The highest BCUT2D eigenvalue weighted by Crippen LogP contribution is 2.34. The molecule has 2 unspecified atom stereocenters. The number of likely N-dealkylation sites (N-methyl/N-ethyl adjacent to an activating group) is 1. The maximum absolute atomic E-state index is 12.9. The molecule has 19 heavy (non-hydrogen) atoms. The van der Waals surface area contributed by atoms with E-state index in [1.165, 1.54) is 0 Å². The van der Waals surface area contributed by atoms with Gasteiger partial charge in [0.05, 0.1) is 5.41 Å². The first-order valence-electron chi connectivity index (χ1n) is 7.87. The first-order chi connectivity index (χ1) is 9.13. The van der Waals surface area contributed by atoms with Gasteiger partial charge < -0.3 is 10.2 Å². The van der Waals surface area contributed by atoms with Crippen molar-refractivity contribution >= 4 is 5.91 Å². The number of rotatable bonds is 4. The quantitative estimate of drug-likeness (QED) is 0.834. The van der Waals surface area contributed by atoms with Crippen molar-refractivity contribution in [1.82, 2.24) is 15.1 Å². The molecule has 2 heterocycles. The van der Waals surface area contributed by atoms with Gasteiger partial charge in [0.25, 0.3) is 0 Å². The number of carbonyl (C=O) groups excluding carboxylic acids is 1. The van der Waals surface area contributed by atoms with E-state index in [-0.39, 0.29) is 5.41 Å². The zero-order valence-electron chi connectivity index (χ0n) is 12.7. The fraction of sp³-hybridized carbons (Fsp3) is 0.933. The Morgan fingerprint density at radius 2 is 2.16 bits per heavy atom. The summed E-state index contributed by atoms with van der Waals surface area (Å²) in [4.78, 5) is 17.5. The highest BCUT2D eigenvalue weighted by Gasteiger charge is 2.43. The number of carbonyl (C=O) groups is 1. The summed E-state index contributed by atoms with van der Waals surface area (Å²) >= 11 is 0. The Labute approximate surface area is 117 Å². The van der Waals surface area contributed by atoms with Crippen molar-refractivity contribution in [2.75, 3.05) is 39.3 Å². The molecule has 0 aromatic carbocycles. The van der Waals surface area contributed by atoms with Crippen LogP contribution in [0.1, 0.15) is 40.0 Å². The minimum atomic E-state index is -0.108. The lowest BCUT2D eigenvalue weighted by Crippen LogP contribution is -2.57. The normalized spacial score (nSPS) is 32.8. The van der Waals surface area contributed by atoms with E-state index in [0.717, 1.165) is 58.5 Å². The first-order valence-corrected chi connectivity index (χ1v) is 7.87. The lowest BCUT2D eigenvalue weighted by molar-refractivity contribution is -0.144. The molecule has 0 spiro atoms. The number of amides is 1. The van der Waals surface area contributed by atoms with Gasteiger partial charge in [0.1, 0.15) is 0 Å². The van der Waals surface area contributed by atoms with Crippen LogP contribution in [0.5, 0.6) is 0 Å². The molecule has 4 nitrogen and oxygen atoms in total. The van der Waals surface area contributed by atoms with Crippen molar-refractivity contribution in [3.8, 4) is 0 Å². The van der Waals surface area contributed by atoms with E-state index in [9.17, 15) is 4.79 Å². The molecule has 2 rings (SSSR count). The third-order valence-electron chi connectivity index (χ3n) is 4.88. The number of nitrogens with one attached hydrogen (secondary N) is 1. The van der Waals surface area contributed by atoms with Gasteiger partial charge in [-0.05, 0) is 32.9 Å². The van der Waals surface area contributed by atoms with Crippen LogP contribution in [0.4, 0.5) is 0 Å². The van der Waals surface area contributed by atoms with Gasteiger partial charge in [0.15, 0.2) is 0 Å². The molecule has 0 saturated carbocycles. The van der Waals surface area contributed by atoms with Gasteiger partial charge in [-0.15, -0.1) is 0 Å². The zero-order valence-corrected chi connectivity index (χ0v) is 12.7. The molecule has 0 aliphatic carbocycles. The molecule has 4 heteroatoms. The molecule has 110 valence electrons. The van der Waals surface area contributed by atoms with Gasteiger partial charge >= 0.3 is 0 Å². The van der Waals surface area contributed by atoms with E-state index < -0.39 is 0 Å². The average molecular weight is 267 g/mol.